The molecule has 36 heavy (non-hydrogen) atoms. The molecule has 0 spiro atoms. The third-order valence-electron chi connectivity index (χ3n) is 5.47. The number of ether oxygens (including phenoxy) is 1. The molecule has 1 fully saturated rings. The zero-order valence-electron chi connectivity index (χ0n) is 19.3. The molecule has 1 aliphatic carbocycles. The lowest BCUT2D eigenvalue weighted by atomic mass is 9.92. The molecule has 1 aliphatic rings. The fourth-order valence-electron chi connectivity index (χ4n) is 3.69. The molecule has 0 aliphatic heterocycles. The summed E-state index contributed by atoms with van der Waals surface area (Å²) in [5.41, 5.74) is -1.08. The van der Waals surface area contributed by atoms with Crippen molar-refractivity contribution in [3.05, 3.63) is 65.2 Å². The minimum absolute atomic E-state index is 0.0202. The molecule has 0 saturated heterocycles. The Hall–Kier alpha value is -3.70. The lowest BCUT2D eigenvalue weighted by Gasteiger charge is -2.27. The molecule has 0 unspecified atom stereocenters. The van der Waals surface area contributed by atoms with Gasteiger partial charge in [0.2, 0.25) is 5.96 Å². The number of alkyl halides is 3. The summed E-state index contributed by atoms with van der Waals surface area (Å²) in [7, 11) is 0. The topological polar surface area (TPSA) is 91.8 Å². The standard InChI is InChI=1S/C24H25F5N4O3/c1-2-36-23(35)32-17-9-7-16(8-10-17)30-22(31-18-5-3-4-15(13-18)24(27,28)29)33-21(34)14-6-11-19(25)20(26)12-14/h3-6,11-13,16-17H,2,7-10H2,1H3,(H,32,35)(H2,30,31,33,34). The zero-order valence-corrected chi connectivity index (χ0v) is 19.3. The zero-order chi connectivity index (χ0) is 26.3. The van der Waals surface area contributed by atoms with E-state index in [9.17, 15) is 31.5 Å². The highest BCUT2D eigenvalue weighted by atomic mass is 19.4. The maximum Gasteiger partial charge on any atom is 0.416 e. The number of benzene rings is 2. The number of carbonyl (C=O) groups excluding carboxylic acids is 2. The Labute approximate surface area is 204 Å². The van der Waals surface area contributed by atoms with E-state index in [0.29, 0.717) is 31.7 Å². The highest BCUT2D eigenvalue weighted by Gasteiger charge is 2.30. The van der Waals surface area contributed by atoms with Gasteiger partial charge in [0, 0.05) is 17.3 Å². The van der Waals surface area contributed by atoms with Crippen molar-refractivity contribution in [3.8, 4) is 0 Å². The number of guanidine groups is 1. The first-order chi connectivity index (χ1) is 17.0. The Morgan fingerprint density at radius 1 is 1.03 bits per heavy atom. The Kier molecular flexibility index (Phi) is 8.83. The van der Waals surface area contributed by atoms with E-state index in [4.69, 9.17) is 4.74 Å². The number of hydrogen-bond donors (Lipinski definition) is 3. The Balaban J connectivity index is 1.77. The largest absolute Gasteiger partial charge is 0.450 e. The minimum atomic E-state index is -4.58. The Bertz CT molecular complexity index is 1120. The summed E-state index contributed by atoms with van der Waals surface area (Å²) in [6, 6.07) is 6.47. The summed E-state index contributed by atoms with van der Waals surface area (Å²) in [5, 5.41) is 7.87. The monoisotopic (exact) mass is 512 g/mol. The van der Waals surface area contributed by atoms with Gasteiger partial charge in [-0.15, -0.1) is 0 Å². The number of carbonyl (C=O) groups is 2. The van der Waals surface area contributed by atoms with E-state index >= 15 is 0 Å². The molecule has 194 valence electrons. The van der Waals surface area contributed by atoms with Crippen LogP contribution in [0.2, 0.25) is 0 Å². The number of aliphatic imine (C=N–C) groups is 1. The molecule has 1 saturated carbocycles. The van der Waals surface area contributed by atoms with E-state index < -0.39 is 35.4 Å². The molecule has 2 amide bonds. The number of halogens is 5. The third kappa shape index (κ3) is 7.65. The molecule has 0 aromatic heterocycles. The molecule has 2 aromatic rings. The van der Waals surface area contributed by atoms with Crippen molar-refractivity contribution >= 4 is 23.6 Å². The van der Waals surface area contributed by atoms with Crippen LogP contribution in [-0.2, 0) is 10.9 Å². The number of nitrogens with one attached hydrogen (secondary N) is 3. The second kappa shape index (κ2) is 11.8. The van der Waals surface area contributed by atoms with Crippen LogP contribution in [-0.4, -0.2) is 36.7 Å². The molecule has 2 aromatic carbocycles. The van der Waals surface area contributed by atoms with Crippen LogP contribution in [0.15, 0.2) is 47.5 Å². The van der Waals surface area contributed by atoms with Crippen LogP contribution in [0.3, 0.4) is 0 Å². The highest BCUT2D eigenvalue weighted by molar-refractivity contribution is 6.10. The summed E-state index contributed by atoms with van der Waals surface area (Å²) in [6.45, 7) is 1.94. The van der Waals surface area contributed by atoms with Gasteiger partial charge in [-0.1, -0.05) is 6.07 Å². The number of rotatable bonds is 5. The van der Waals surface area contributed by atoms with Crippen LogP contribution in [0.1, 0.15) is 48.5 Å². The van der Waals surface area contributed by atoms with Crippen LogP contribution in [0, 0.1) is 11.6 Å². The first kappa shape index (κ1) is 26.9. The minimum Gasteiger partial charge on any atom is -0.450 e. The van der Waals surface area contributed by atoms with Crippen molar-refractivity contribution in [2.24, 2.45) is 4.99 Å². The molecule has 0 atom stereocenters. The average molecular weight is 512 g/mol. The van der Waals surface area contributed by atoms with Gasteiger partial charge in [0.1, 0.15) is 0 Å². The summed E-state index contributed by atoms with van der Waals surface area (Å²) in [4.78, 5) is 28.7. The summed E-state index contributed by atoms with van der Waals surface area (Å²) >= 11 is 0. The third-order valence-corrected chi connectivity index (χ3v) is 5.47. The lowest BCUT2D eigenvalue weighted by molar-refractivity contribution is -0.137. The van der Waals surface area contributed by atoms with Crippen molar-refractivity contribution < 1.29 is 36.3 Å². The normalized spacial score (nSPS) is 18.3. The highest BCUT2D eigenvalue weighted by Crippen LogP contribution is 2.30. The number of amides is 2. The van der Waals surface area contributed by atoms with E-state index in [1.165, 1.54) is 12.1 Å². The maximum atomic E-state index is 13.6. The van der Waals surface area contributed by atoms with Gasteiger partial charge >= 0.3 is 12.3 Å². The van der Waals surface area contributed by atoms with Crippen molar-refractivity contribution in [1.29, 1.82) is 0 Å². The van der Waals surface area contributed by atoms with Gasteiger partial charge in [0.25, 0.3) is 5.91 Å². The van der Waals surface area contributed by atoms with Crippen molar-refractivity contribution in [3.63, 3.8) is 0 Å². The maximum absolute atomic E-state index is 13.6. The van der Waals surface area contributed by atoms with Crippen LogP contribution < -0.4 is 16.0 Å². The van der Waals surface area contributed by atoms with Crippen molar-refractivity contribution in [2.45, 2.75) is 50.9 Å². The molecule has 3 N–H and O–H groups in total. The van der Waals surface area contributed by atoms with Crippen LogP contribution in [0.5, 0.6) is 0 Å². The van der Waals surface area contributed by atoms with Gasteiger partial charge in [-0.3, -0.25) is 10.1 Å². The molecule has 3 rings (SSSR count). The lowest BCUT2D eigenvalue weighted by Crippen LogP contribution is -2.40. The molecule has 0 heterocycles. The van der Waals surface area contributed by atoms with Crippen LogP contribution in [0.25, 0.3) is 0 Å². The van der Waals surface area contributed by atoms with Gasteiger partial charge in [-0.25, -0.2) is 18.6 Å². The van der Waals surface area contributed by atoms with Crippen molar-refractivity contribution in [1.82, 2.24) is 10.6 Å². The first-order valence-corrected chi connectivity index (χ1v) is 11.3. The molecular weight excluding hydrogens is 487 g/mol. The predicted molar refractivity (Wildman–Crippen MR) is 123 cm³/mol. The van der Waals surface area contributed by atoms with Crippen molar-refractivity contribution in [2.75, 3.05) is 11.9 Å². The Morgan fingerprint density at radius 2 is 1.75 bits per heavy atom. The number of anilines is 1. The van der Waals surface area contributed by atoms with E-state index in [1.54, 1.807) is 6.92 Å². The van der Waals surface area contributed by atoms with Gasteiger partial charge < -0.3 is 15.4 Å². The van der Waals surface area contributed by atoms with Crippen LogP contribution in [0.4, 0.5) is 32.4 Å². The Morgan fingerprint density at radius 3 is 2.39 bits per heavy atom. The number of alkyl carbamates (subject to hydrolysis) is 1. The molecular formula is C24H25F5N4O3. The van der Waals surface area contributed by atoms with Gasteiger partial charge in [0.15, 0.2) is 11.6 Å². The quantitative estimate of drug-likeness (QED) is 0.290. The smallest absolute Gasteiger partial charge is 0.416 e. The van der Waals surface area contributed by atoms with Crippen LogP contribution >= 0.6 is 0 Å². The molecule has 7 nitrogen and oxygen atoms in total. The molecule has 0 bridgehead atoms. The van der Waals surface area contributed by atoms with E-state index in [-0.39, 0.29) is 35.9 Å². The fourth-order valence-corrected chi connectivity index (χ4v) is 3.69. The summed E-state index contributed by atoms with van der Waals surface area (Å²) in [6.07, 6.45) is -2.91. The van der Waals surface area contributed by atoms with Gasteiger partial charge in [0.05, 0.1) is 18.2 Å². The second-order valence-electron chi connectivity index (χ2n) is 8.13. The first-order valence-electron chi connectivity index (χ1n) is 11.3. The molecule has 12 heteroatoms. The SMILES string of the molecule is CCOC(=O)NC1CCC(N=C(NC(=O)c2ccc(F)c(F)c2)Nc2cccc(C(F)(F)F)c2)CC1. The van der Waals surface area contributed by atoms with Gasteiger partial charge in [-0.2, -0.15) is 13.2 Å². The predicted octanol–water partition coefficient (Wildman–Crippen LogP) is 5.24. The fraction of sp³-hybridized carbons (Fsp3) is 0.375. The number of hydrogen-bond acceptors (Lipinski definition) is 4. The second-order valence-corrected chi connectivity index (χ2v) is 8.13. The van der Waals surface area contributed by atoms with E-state index in [1.807, 2.05) is 0 Å². The summed E-state index contributed by atoms with van der Waals surface area (Å²) in [5.74, 6) is -3.33. The van der Waals surface area contributed by atoms with E-state index in [0.717, 1.165) is 24.3 Å². The van der Waals surface area contributed by atoms with Gasteiger partial charge in [-0.05, 0) is 69.0 Å². The van der Waals surface area contributed by atoms with E-state index in [2.05, 4.69) is 20.9 Å². The average Bonchev–Trinajstić information content (AvgIpc) is 2.82. The molecule has 0 radical (unpaired) electrons. The number of nitrogens with zero attached hydrogens (tertiary/aromatic N) is 1. The summed E-state index contributed by atoms with van der Waals surface area (Å²) < 4.78 is 71.1.